The molecule has 1 amide bonds. The molecule has 1 aromatic carbocycles. The minimum atomic E-state index is -2.96. The number of nitrogens with zero attached hydrogens (tertiary/aromatic N) is 2. The molecule has 0 unspecified atom stereocenters. The number of alkyl halides is 2. The van der Waals surface area contributed by atoms with Gasteiger partial charge in [-0.1, -0.05) is 6.07 Å². The Morgan fingerprint density at radius 3 is 2.67 bits per heavy atom. The molecular weight excluding hydrogens is 280 g/mol. The Kier molecular flexibility index (Phi) is 4.21. The van der Waals surface area contributed by atoms with Crippen LogP contribution in [0.1, 0.15) is 21.6 Å². The highest BCUT2D eigenvalue weighted by Gasteiger charge is 2.16. The van der Waals surface area contributed by atoms with Gasteiger partial charge in [-0.25, -0.2) is 0 Å². The van der Waals surface area contributed by atoms with E-state index >= 15 is 0 Å². The fourth-order valence-electron chi connectivity index (χ4n) is 1.84. The van der Waals surface area contributed by atoms with Gasteiger partial charge in [0.1, 0.15) is 5.75 Å². The predicted octanol–water partition coefficient (Wildman–Crippen LogP) is 2.89. The molecule has 1 aromatic heterocycles. The molecule has 0 atom stereocenters. The SMILES string of the molecule is Cc1ccc(NC(=O)c2cnn(C)c2C)c(OC(F)F)c1. The van der Waals surface area contributed by atoms with Gasteiger partial charge in [0.15, 0.2) is 0 Å². The molecule has 1 N–H and O–H groups in total. The number of nitrogens with one attached hydrogen (secondary N) is 1. The standard InChI is InChI=1S/C14H15F2N3O2/c1-8-4-5-11(12(6-8)21-14(15)16)18-13(20)10-7-17-19(3)9(10)2/h4-7,14H,1-3H3,(H,18,20). The quantitative estimate of drug-likeness (QED) is 0.943. The Labute approximate surface area is 120 Å². The highest BCUT2D eigenvalue weighted by atomic mass is 19.3. The van der Waals surface area contributed by atoms with Crippen LogP contribution in [0.3, 0.4) is 0 Å². The van der Waals surface area contributed by atoms with Crippen LogP contribution in [0.2, 0.25) is 0 Å². The maximum absolute atomic E-state index is 12.4. The Bertz CT molecular complexity index is 668. The molecule has 0 saturated carbocycles. The van der Waals surface area contributed by atoms with Crippen molar-refractivity contribution in [3.05, 3.63) is 41.2 Å². The molecule has 21 heavy (non-hydrogen) atoms. The minimum absolute atomic E-state index is 0.0695. The molecular formula is C14H15F2N3O2. The first-order valence-electron chi connectivity index (χ1n) is 6.24. The zero-order valence-corrected chi connectivity index (χ0v) is 11.9. The van der Waals surface area contributed by atoms with Crippen molar-refractivity contribution >= 4 is 11.6 Å². The smallest absolute Gasteiger partial charge is 0.387 e. The number of hydrogen-bond donors (Lipinski definition) is 1. The number of halogens is 2. The van der Waals surface area contributed by atoms with Crippen molar-refractivity contribution in [2.75, 3.05) is 5.32 Å². The summed E-state index contributed by atoms with van der Waals surface area (Å²) < 4.78 is 30.8. The highest BCUT2D eigenvalue weighted by molar-refractivity contribution is 6.05. The van der Waals surface area contributed by atoms with E-state index in [1.54, 1.807) is 31.6 Å². The molecule has 0 fully saturated rings. The van der Waals surface area contributed by atoms with Crippen molar-refractivity contribution in [1.29, 1.82) is 0 Å². The van der Waals surface area contributed by atoms with Crippen LogP contribution in [0, 0.1) is 13.8 Å². The largest absolute Gasteiger partial charge is 0.433 e. The predicted molar refractivity (Wildman–Crippen MR) is 73.7 cm³/mol. The monoisotopic (exact) mass is 295 g/mol. The van der Waals surface area contributed by atoms with Gasteiger partial charge in [0.25, 0.3) is 5.91 Å². The number of aryl methyl sites for hydroxylation is 2. The second kappa shape index (κ2) is 5.90. The Balaban J connectivity index is 2.26. The maximum atomic E-state index is 12.4. The van der Waals surface area contributed by atoms with Crippen LogP contribution >= 0.6 is 0 Å². The lowest BCUT2D eigenvalue weighted by Gasteiger charge is -2.12. The van der Waals surface area contributed by atoms with E-state index in [4.69, 9.17) is 0 Å². The van der Waals surface area contributed by atoms with Crippen LogP contribution in [0.15, 0.2) is 24.4 Å². The van der Waals surface area contributed by atoms with Gasteiger partial charge >= 0.3 is 6.61 Å². The van der Waals surface area contributed by atoms with Crippen LogP contribution in [-0.2, 0) is 7.05 Å². The molecule has 0 aliphatic heterocycles. The number of hydrogen-bond acceptors (Lipinski definition) is 3. The zero-order valence-electron chi connectivity index (χ0n) is 11.9. The number of benzene rings is 1. The fraction of sp³-hybridized carbons (Fsp3) is 0.286. The van der Waals surface area contributed by atoms with E-state index in [-0.39, 0.29) is 11.4 Å². The number of amides is 1. The van der Waals surface area contributed by atoms with Crippen molar-refractivity contribution in [3.63, 3.8) is 0 Å². The van der Waals surface area contributed by atoms with E-state index < -0.39 is 12.5 Å². The summed E-state index contributed by atoms with van der Waals surface area (Å²) in [5.41, 5.74) is 1.99. The third-order valence-electron chi connectivity index (χ3n) is 3.08. The molecule has 7 heteroatoms. The summed E-state index contributed by atoms with van der Waals surface area (Å²) in [4.78, 5) is 12.2. The van der Waals surface area contributed by atoms with Gasteiger partial charge in [-0.2, -0.15) is 13.9 Å². The Morgan fingerprint density at radius 2 is 2.10 bits per heavy atom. The molecule has 112 valence electrons. The number of carbonyl (C=O) groups excluding carboxylic acids is 1. The molecule has 2 rings (SSSR count). The van der Waals surface area contributed by atoms with E-state index in [1.807, 2.05) is 0 Å². The van der Waals surface area contributed by atoms with E-state index in [9.17, 15) is 13.6 Å². The summed E-state index contributed by atoms with van der Waals surface area (Å²) in [5, 5.41) is 6.53. The van der Waals surface area contributed by atoms with Crippen molar-refractivity contribution < 1.29 is 18.3 Å². The van der Waals surface area contributed by atoms with E-state index in [1.165, 1.54) is 18.3 Å². The third kappa shape index (κ3) is 3.36. The van der Waals surface area contributed by atoms with Crippen LogP contribution < -0.4 is 10.1 Å². The molecule has 0 aliphatic carbocycles. The Morgan fingerprint density at radius 1 is 1.38 bits per heavy atom. The van der Waals surface area contributed by atoms with Gasteiger partial charge in [-0.05, 0) is 31.5 Å². The third-order valence-corrected chi connectivity index (χ3v) is 3.08. The maximum Gasteiger partial charge on any atom is 0.387 e. The summed E-state index contributed by atoms with van der Waals surface area (Å²) in [6.07, 6.45) is 1.42. The second-order valence-electron chi connectivity index (χ2n) is 4.60. The molecule has 0 saturated heterocycles. The first-order valence-corrected chi connectivity index (χ1v) is 6.24. The number of rotatable bonds is 4. The number of ether oxygens (including phenoxy) is 1. The van der Waals surface area contributed by atoms with Crippen LogP contribution in [-0.4, -0.2) is 22.3 Å². The van der Waals surface area contributed by atoms with Crippen LogP contribution in [0.5, 0.6) is 5.75 Å². The Hall–Kier alpha value is -2.44. The lowest BCUT2D eigenvalue weighted by atomic mass is 10.2. The van der Waals surface area contributed by atoms with Crippen LogP contribution in [0.4, 0.5) is 14.5 Å². The van der Waals surface area contributed by atoms with Gasteiger partial charge in [-0.3, -0.25) is 9.48 Å². The number of carbonyl (C=O) groups is 1. The van der Waals surface area contributed by atoms with Crippen molar-refractivity contribution in [3.8, 4) is 5.75 Å². The molecule has 0 spiro atoms. The zero-order chi connectivity index (χ0) is 15.6. The topological polar surface area (TPSA) is 56.2 Å². The van der Waals surface area contributed by atoms with E-state index in [0.717, 1.165) is 5.56 Å². The molecule has 2 aromatic rings. The summed E-state index contributed by atoms with van der Waals surface area (Å²) in [5.74, 6) is -0.497. The van der Waals surface area contributed by atoms with Crippen molar-refractivity contribution in [1.82, 2.24) is 9.78 Å². The van der Waals surface area contributed by atoms with Gasteiger partial charge in [0.05, 0.1) is 17.4 Å². The van der Waals surface area contributed by atoms with Crippen molar-refractivity contribution in [2.45, 2.75) is 20.5 Å². The average molecular weight is 295 g/mol. The number of aromatic nitrogens is 2. The van der Waals surface area contributed by atoms with Gasteiger partial charge in [-0.15, -0.1) is 0 Å². The minimum Gasteiger partial charge on any atom is -0.433 e. The molecule has 0 radical (unpaired) electrons. The van der Waals surface area contributed by atoms with Crippen LogP contribution in [0.25, 0.3) is 0 Å². The lowest BCUT2D eigenvalue weighted by molar-refractivity contribution is -0.0494. The van der Waals surface area contributed by atoms with Gasteiger partial charge < -0.3 is 10.1 Å². The number of anilines is 1. The van der Waals surface area contributed by atoms with Gasteiger partial charge in [0, 0.05) is 12.7 Å². The first-order chi connectivity index (χ1) is 9.88. The van der Waals surface area contributed by atoms with Crippen molar-refractivity contribution in [2.24, 2.45) is 7.05 Å². The lowest BCUT2D eigenvalue weighted by Crippen LogP contribution is -2.14. The highest BCUT2D eigenvalue weighted by Crippen LogP contribution is 2.28. The summed E-state index contributed by atoms with van der Waals surface area (Å²) in [6, 6.07) is 4.67. The molecule has 5 nitrogen and oxygen atoms in total. The first kappa shape index (κ1) is 15.0. The fourth-order valence-corrected chi connectivity index (χ4v) is 1.84. The van der Waals surface area contributed by atoms with E-state index in [0.29, 0.717) is 11.3 Å². The molecule has 1 heterocycles. The molecule has 0 bridgehead atoms. The van der Waals surface area contributed by atoms with Gasteiger partial charge in [0.2, 0.25) is 0 Å². The summed E-state index contributed by atoms with van der Waals surface area (Å²) in [7, 11) is 1.71. The average Bonchev–Trinajstić information content (AvgIpc) is 2.72. The summed E-state index contributed by atoms with van der Waals surface area (Å²) >= 11 is 0. The van der Waals surface area contributed by atoms with E-state index in [2.05, 4.69) is 15.2 Å². The second-order valence-corrected chi connectivity index (χ2v) is 4.60. The molecule has 0 aliphatic rings. The normalized spacial score (nSPS) is 10.8. The summed E-state index contributed by atoms with van der Waals surface area (Å²) in [6.45, 7) is 0.533.